The summed E-state index contributed by atoms with van der Waals surface area (Å²) in [6.45, 7) is 10.5. The van der Waals surface area contributed by atoms with Crippen LogP contribution in [0.3, 0.4) is 0 Å². The Kier molecular flexibility index (Phi) is 6.79. The highest BCUT2D eigenvalue weighted by atomic mass is 16.5. The summed E-state index contributed by atoms with van der Waals surface area (Å²) >= 11 is 0. The predicted molar refractivity (Wildman–Crippen MR) is 131 cm³/mol. The van der Waals surface area contributed by atoms with E-state index in [1.165, 1.54) is 16.7 Å². The van der Waals surface area contributed by atoms with Gasteiger partial charge in [-0.1, -0.05) is 44.2 Å². The maximum atomic E-state index is 6.08. The van der Waals surface area contributed by atoms with Gasteiger partial charge in [-0.25, -0.2) is 4.98 Å². The van der Waals surface area contributed by atoms with Gasteiger partial charge in [0.25, 0.3) is 0 Å². The molecule has 1 heterocycles. The number of rotatable bonds is 9. The molecule has 0 aliphatic heterocycles. The van der Waals surface area contributed by atoms with Crippen LogP contribution in [0.4, 0.5) is 0 Å². The van der Waals surface area contributed by atoms with Gasteiger partial charge in [-0.2, -0.15) is 0 Å². The molecule has 0 saturated heterocycles. The molecule has 0 atom stereocenters. The number of hydrogen-bond acceptors (Lipinski definition) is 3. The molecule has 0 fully saturated rings. The normalized spacial score (nSPS) is 11.3. The first-order valence-corrected chi connectivity index (χ1v) is 11.4. The first kappa shape index (κ1) is 21.9. The lowest BCUT2D eigenvalue weighted by Crippen LogP contribution is -2.10. The fourth-order valence-electron chi connectivity index (χ4n) is 3.80. The smallest absolute Gasteiger partial charge is 0.147 e. The second-order valence-electron chi connectivity index (χ2n) is 8.63. The molecule has 0 saturated carbocycles. The molecule has 0 amide bonds. The molecule has 0 aliphatic rings. The summed E-state index contributed by atoms with van der Waals surface area (Å²) < 4.78 is 14.3. The van der Waals surface area contributed by atoms with Crippen molar-refractivity contribution in [3.05, 3.63) is 89.2 Å². The second kappa shape index (κ2) is 9.90. The van der Waals surface area contributed by atoms with E-state index in [4.69, 9.17) is 14.5 Å². The van der Waals surface area contributed by atoms with E-state index in [2.05, 4.69) is 74.7 Å². The van der Waals surface area contributed by atoms with Gasteiger partial charge in [0, 0.05) is 6.54 Å². The van der Waals surface area contributed by atoms with Crippen molar-refractivity contribution in [3.8, 4) is 11.5 Å². The Labute approximate surface area is 190 Å². The van der Waals surface area contributed by atoms with Crippen LogP contribution in [0.1, 0.15) is 48.7 Å². The van der Waals surface area contributed by atoms with Gasteiger partial charge in [0.1, 0.15) is 23.9 Å². The summed E-state index contributed by atoms with van der Waals surface area (Å²) in [5.74, 6) is 3.24. The third-order valence-corrected chi connectivity index (χ3v) is 5.92. The number of benzene rings is 3. The third kappa shape index (κ3) is 5.13. The van der Waals surface area contributed by atoms with E-state index in [0.717, 1.165) is 41.3 Å². The molecule has 0 N–H and O–H groups in total. The molecular formula is C28H32N2O2. The minimum Gasteiger partial charge on any atom is -0.494 e. The lowest BCUT2D eigenvalue weighted by Gasteiger charge is -2.12. The van der Waals surface area contributed by atoms with E-state index < -0.39 is 0 Å². The standard InChI is InChI=1S/C28H32N2O2/c1-20(2)23-11-14-24(15-12-23)32-19-28-29-26-8-5-6-9-27(26)30(28)16-7-17-31-25-13-10-21(3)22(4)18-25/h5-6,8-15,18,20H,7,16-17,19H2,1-4H3. The van der Waals surface area contributed by atoms with Crippen LogP contribution < -0.4 is 9.47 Å². The van der Waals surface area contributed by atoms with Gasteiger partial charge in [-0.3, -0.25) is 0 Å². The zero-order valence-electron chi connectivity index (χ0n) is 19.5. The maximum absolute atomic E-state index is 6.08. The van der Waals surface area contributed by atoms with Crippen LogP contribution in [0.2, 0.25) is 0 Å². The highest BCUT2D eigenvalue weighted by Gasteiger charge is 2.11. The van der Waals surface area contributed by atoms with Gasteiger partial charge in [0.05, 0.1) is 17.6 Å². The molecule has 166 valence electrons. The van der Waals surface area contributed by atoms with Crippen LogP contribution in [-0.4, -0.2) is 16.2 Å². The molecule has 3 aromatic carbocycles. The summed E-state index contributed by atoms with van der Waals surface area (Å²) in [6, 6.07) is 22.9. The molecule has 4 heteroatoms. The summed E-state index contributed by atoms with van der Waals surface area (Å²) in [5.41, 5.74) is 5.98. The van der Waals surface area contributed by atoms with Crippen molar-refractivity contribution in [3.63, 3.8) is 0 Å². The quantitative estimate of drug-likeness (QED) is 0.274. The maximum Gasteiger partial charge on any atom is 0.147 e. The molecule has 0 unspecified atom stereocenters. The highest BCUT2D eigenvalue weighted by molar-refractivity contribution is 5.75. The number of para-hydroxylation sites is 2. The number of hydrogen-bond donors (Lipinski definition) is 0. The number of nitrogens with zero attached hydrogens (tertiary/aromatic N) is 2. The van der Waals surface area contributed by atoms with Crippen molar-refractivity contribution < 1.29 is 9.47 Å². The summed E-state index contributed by atoms with van der Waals surface area (Å²) in [5, 5.41) is 0. The van der Waals surface area contributed by atoms with Crippen molar-refractivity contribution in [2.75, 3.05) is 6.61 Å². The SMILES string of the molecule is Cc1ccc(OCCCn2c(COc3ccc(C(C)C)cc3)nc3ccccc32)cc1C. The topological polar surface area (TPSA) is 36.3 Å². The summed E-state index contributed by atoms with van der Waals surface area (Å²) in [7, 11) is 0. The fourth-order valence-corrected chi connectivity index (χ4v) is 3.80. The van der Waals surface area contributed by atoms with Gasteiger partial charge in [0.15, 0.2) is 0 Å². The Hall–Kier alpha value is -3.27. The van der Waals surface area contributed by atoms with Crippen molar-refractivity contribution >= 4 is 11.0 Å². The van der Waals surface area contributed by atoms with E-state index in [1.807, 2.05) is 24.3 Å². The minimum absolute atomic E-state index is 0.438. The van der Waals surface area contributed by atoms with Gasteiger partial charge < -0.3 is 14.0 Å². The first-order chi connectivity index (χ1) is 15.5. The van der Waals surface area contributed by atoms with Crippen LogP contribution in [0.15, 0.2) is 66.7 Å². The van der Waals surface area contributed by atoms with Crippen LogP contribution in [-0.2, 0) is 13.2 Å². The molecule has 0 spiro atoms. The molecule has 4 nitrogen and oxygen atoms in total. The number of aryl methyl sites for hydroxylation is 3. The second-order valence-corrected chi connectivity index (χ2v) is 8.63. The Morgan fingerprint density at radius 3 is 2.34 bits per heavy atom. The lowest BCUT2D eigenvalue weighted by atomic mass is 10.0. The monoisotopic (exact) mass is 428 g/mol. The zero-order chi connectivity index (χ0) is 22.5. The van der Waals surface area contributed by atoms with Crippen molar-refractivity contribution in [1.29, 1.82) is 0 Å². The first-order valence-electron chi connectivity index (χ1n) is 11.4. The van der Waals surface area contributed by atoms with E-state index in [-0.39, 0.29) is 0 Å². The number of ether oxygens (including phenoxy) is 2. The molecule has 32 heavy (non-hydrogen) atoms. The summed E-state index contributed by atoms with van der Waals surface area (Å²) in [4.78, 5) is 4.83. The van der Waals surface area contributed by atoms with Crippen LogP contribution >= 0.6 is 0 Å². The minimum atomic E-state index is 0.438. The zero-order valence-corrected chi connectivity index (χ0v) is 19.5. The van der Waals surface area contributed by atoms with Crippen molar-refractivity contribution in [1.82, 2.24) is 9.55 Å². The van der Waals surface area contributed by atoms with Crippen molar-refractivity contribution in [2.24, 2.45) is 0 Å². The molecule has 0 radical (unpaired) electrons. The van der Waals surface area contributed by atoms with Gasteiger partial charge in [0.2, 0.25) is 0 Å². The molecular weight excluding hydrogens is 396 g/mol. The van der Waals surface area contributed by atoms with Crippen LogP contribution in [0.25, 0.3) is 11.0 Å². The Morgan fingerprint density at radius 1 is 0.844 bits per heavy atom. The Balaban J connectivity index is 1.42. The molecule has 0 aliphatic carbocycles. The van der Waals surface area contributed by atoms with Gasteiger partial charge >= 0.3 is 0 Å². The molecule has 0 bridgehead atoms. The summed E-state index contributed by atoms with van der Waals surface area (Å²) in [6.07, 6.45) is 0.892. The predicted octanol–water partition coefficient (Wildman–Crippen LogP) is 6.82. The number of imidazole rings is 1. The fraction of sp³-hybridized carbons (Fsp3) is 0.321. The number of fused-ring (bicyclic) bond motifs is 1. The largest absolute Gasteiger partial charge is 0.494 e. The van der Waals surface area contributed by atoms with Gasteiger partial charge in [-0.15, -0.1) is 0 Å². The number of aromatic nitrogens is 2. The van der Waals surface area contributed by atoms with E-state index in [1.54, 1.807) is 0 Å². The Morgan fingerprint density at radius 2 is 1.59 bits per heavy atom. The molecule has 4 rings (SSSR count). The van der Waals surface area contributed by atoms with Crippen molar-refractivity contribution in [2.45, 2.75) is 53.2 Å². The van der Waals surface area contributed by atoms with Gasteiger partial charge in [-0.05, 0) is 79.3 Å². The molecule has 4 aromatic rings. The van der Waals surface area contributed by atoms with E-state index in [9.17, 15) is 0 Å². The Bertz CT molecular complexity index is 1180. The lowest BCUT2D eigenvalue weighted by molar-refractivity contribution is 0.280. The van der Waals surface area contributed by atoms with Crippen LogP contribution in [0, 0.1) is 13.8 Å². The van der Waals surface area contributed by atoms with E-state index >= 15 is 0 Å². The van der Waals surface area contributed by atoms with Crippen LogP contribution in [0.5, 0.6) is 11.5 Å². The third-order valence-electron chi connectivity index (χ3n) is 5.92. The average Bonchev–Trinajstić information content (AvgIpc) is 3.15. The molecule has 1 aromatic heterocycles. The van der Waals surface area contributed by atoms with E-state index in [0.29, 0.717) is 19.1 Å². The highest BCUT2D eigenvalue weighted by Crippen LogP contribution is 2.22. The average molecular weight is 429 g/mol.